The molecule has 0 amide bonds. The Balaban J connectivity index is 1.93. The van der Waals surface area contributed by atoms with Crippen LogP contribution in [0.1, 0.15) is 45.6 Å². The molecule has 104 valence electrons. The molecule has 19 heavy (non-hydrogen) atoms. The number of rotatable bonds is 5. The molecule has 0 bridgehead atoms. The van der Waals surface area contributed by atoms with Crippen LogP contribution >= 0.6 is 0 Å². The van der Waals surface area contributed by atoms with Gasteiger partial charge < -0.3 is 4.74 Å². The number of ether oxygens (including phenoxy) is 1. The molecule has 1 aliphatic carbocycles. The van der Waals surface area contributed by atoms with Gasteiger partial charge in [-0.15, -0.1) is 0 Å². The molecule has 2 rings (SSSR count). The molecule has 2 nitrogen and oxygen atoms in total. The number of hydrogen-bond donors (Lipinski definition) is 0. The van der Waals surface area contributed by atoms with Crippen molar-refractivity contribution in [3.8, 4) is 0 Å². The maximum absolute atomic E-state index is 12.2. The fourth-order valence-electron chi connectivity index (χ4n) is 2.79. The van der Waals surface area contributed by atoms with Gasteiger partial charge in [-0.3, -0.25) is 4.79 Å². The molecule has 1 aromatic rings. The highest BCUT2D eigenvalue weighted by atomic mass is 16.5. The zero-order chi connectivity index (χ0) is 14.0. The summed E-state index contributed by atoms with van der Waals surface area (Å²) >= 11 is 0. The van der Waals surface area contributed by atoms with Crippen molar-refractivity contribution in [1.29, 1.82) is 0 Å². The van der Waals surface area contributed by atoms with E-state index < -0.39 is 0 Å². The van der Waals surface area contributed by atoms with Crippen LogP contribution in [0.5, 0.6) is 0 Å². The van der Waals surface area contributed by atoms with Gasteiger partial charge in [0.1, 0.15) is 6.10 Å². The minimum atomic E-state index is -0.0127. The summed E-state index contributed by atoms with van der Waals surface area (Å²) in [4.78, 5) is 12.2. The van der Waals surface area contributed by atoms with Crippen molar-refractivity contribution in [2.24, 2.45) is 17.8 Å². The second kappa shape index (κ2) is 5.77. The number of hydrogen-bond acceptors (Lipinski definition) is 2. The van der Waals surface area contributed by atoms with Crippen LogP contribution in [0.2, 0.25) is 0 Å². The highest BCUT2D eigenvalue weighted by molar-refractivity contribution is 5.77. The van der Waals surface area contributed by atoms with E-state index in [-0.39, 0.29) is 18.0 Å². The monoisotopic (exact) mass is 260 g/mol. The zero-order valence-corrected chi connectivity index (χ0v) is 12.3. The lowest BCUT2D eigenvalue weighted by atomic mass is 9.96. The predicted molar refractivity (Wildman–Crippen MR) is 76.8 cm³/mol. The first-order chi connectivity index (χ1) is 9.00. The van der Waals surface area contributed by atoms with Crippen LogP contribution < -0.4 is 0 Å². The van der Waals surface area contributed by atoms with Gasteiger partial charge in [0.2, 0.25) is 0 Å². The third kappa shape index (κ3) is 3.37. The van der Waals surface area contributed by atoms with Gasteiger partial charge >= 0.3 is 5.97 Å². The Labute approximate surface area is 116 Å². The molecule has 0 spiro atoms. The van der Waals surface area contributed by atoms with E-state index in [2.05, 4.69) is 39.8 Å². The molecular weight excluding hydrogens is 236 g/mol. The Bertz CT molecular complexity index is 414. The summed E-state index contributed by atoms with van der Waals surface area (Å²) in [6.07, 6.45) is 0.968. The van der Waals surface area contributed by atoms with Gasteiger partial charge in [-0.05, 0) is 29.7 Å². The van der Waals surface area contributed by atoms with Gasteiger partial charge in [-0.25, -0.2) is 0 Å². The van der Waals surface area contributed by atoms with Crippen LogP contribution in [0.15, 0.2) is 30.3 Å². The Hall–Kier alpha value is -1.31. The van der Waals surface area contributed by atoms with Gasteiger partial charge in [-0.1, -0.05) is 58.0 Å². The second-order valence-electron chi connectivity index (χ2n) is 6.25. The maximum Gasteiger partial charge on any atom is 0.309 e. The van der Waals surface area contributed by atoms with Crippen LogP contribution in [0, 0.1) is 17.8 Å². The number of carbonyl (C=O) groups is 1. The largest absolute Gasteiger partial charge is 0.462 e. The summed E-state index contributed by atoms with van der Waals surface area (Å²) in [5, 5.41) is 0. The average Bonchev–Trinajstić information content (AvgIpc) is 3.16. The first kappa shape index (κ1) is 14.1. The van der Waals surface area contributed by atoms with E-state index in [9.17, 15) is 4.79 Å². The average molecular weight is 260 g/mol. The fourth-order valence-corrected chi connectivity index (χ4v) is 2.79. The van der Waals surface area contributed by atoms with Crippen molar-refractivity contribution in [1.82, 2.24) is 0 Å². The SMILES string of the molecule is CC(C)C(OC(=O)[C@@H]1C[C@@H]1c1ccccc1)C(C)C. The Morgan fingerprint density at radius 3 is 2.21 bits per heavy atom. The van der Waals surface area contributed by atoms with E-state index in [0.717, 1.165) is 6.42 Å². The van der Waals surface area contributed by atoms with Crippen molar-refractivity contribution >= 4 is 5.97 Å². The summed E-state index contributed by atoms with van der Waals surface area (Å²) in [5.74, 6) is 1.17. The summed E-state index contributed by atoms with van der Waals surface area (Å²) in [7, 11) is 0. The lowest BCUT2D eigenvalue weighted by Gasteiger charge is -2.25. The van der Waals surface area contributed by atoms with Crippen molar-refractivity contribution < 1.29 is 9.53 Å². The topological polar surface area (TPSA) is 26.3 Å². The third-order valence-electron chi connectivity index (χ3n) is 3.89. The second-order valence-corrected chi connectivity index (χ2v) is 6.25. The number of esters is 1. The van der Waals surface area contributed by atoms with Gasteiger partial charge in [-0.2, -0.15) is 0 Å². The molecule has 0 radical (unpaired) electrons. The van der Waals surface area contributed by atoms with Crippen LogP contribution in [-0.2, 0) is 9.53 Å². The molecule has 0 aliphatic heterocycles. The highest BCUT2D eigenvalue weighted by Crippen LogP contribution is 2.48. The van der Waals surface area contributed by atoms with Crippen molar-refractivity contribution in [3.63, 3.8) is 0 Å². The molecule has 1 aliphatic rings. The van der Waals surface area contributed by atoms with E-state index in [1.807, 2.05) is 18.2 Å². The van der Waals surface area contributed by atoms with E-state index in [0.29, 0.717) is 17.8 Å². The first-order valence-corrected chi connectivity index (χ1v) is 7.26. The summed E-state index contributed by atoms with van der Waals surface area (Å²) in [6, 6.07) is 10.3. The standard InChI is InChI=1S/C17H24O2/c1-11(2)16(12(3)4)19-17(18)15-10-14(15)13-8-6-5-7-9-13/h5-9,11-12,14-16H,10H2,1-4H3/t14-,15-/m1/s1. The number of benzene rings is 1. The van der Waals surface area contributed by atoms with Crippen LogP contribution in [-0.4, -0.2) is 12.1 Å². The van der Waals surface area contributed by atoms with Crippen molar-refractivity contribution in [2.45, 2.75) is 46.1 Å². The molecule has 0 heterocycles. The quantitative estimate of drug-likeness (QED) is 0.748. The molecular formula is C17H24O2. The van der Waals surface area contributed by atoms with Gasteiger partial charge in [0.25, 0.3) is 0 Å². The van der Waals surface area contributed by atoms with Crippen LogP contribution in [0.3, 0.4) is 0 Å². The molecule has 1 saturated carbocycles. The first-order valence-electron chi connectivity index (χ1n) is 7.26. The minimum absolute atomic E-state index is 0.0127. The molecule has 1 fully saturated rings. The zero-order valence-electron chi connectivity index (χ0n) is 12.3. The molecule has 2 heteroatoms. The molecule has 1 aromatic carbocycles. The van der Waals surface area contributed by atoms with Crippen molar-refractivity contribution in [2.75, 3.05) is 0 Å². The number of carbonyl (C=O) groups excluding carboxylic acids is 1. The molecule has 0 unspecified atom stereocenters. The molecule has 0 saturated heterocycles. The third-order valence-corrected chi connectivity index (χ3v) is 3.89. The summed E-state index contributed by atoms with van der Waals surface area (Å²) in [5.41, 5.74) is 1.26. The highest BCUT2D eigenvalue weighted by Gasteiger charge is 2.46. The summed E-state index contributed by atoms with van der Waals surface area (Å²) in [6.45, 7) is 8.44. The minimum Gasteiger partial charge on any atom is -0.462 e. The van der Waals surface area contributed by atoms with Crippen molar-refractivity contribution in [3.05, 3.63) is 35.9 Å². The molecule has 0 N–H and O–H groups in total. The Morgan fingerprint density at radius 2 is 1.68 bits per heavy atom. The summed E-state index contributed by atoms with van der Waals surface area (Å²) < 4.78 is 5.71. The predicted octanol–water partition coefficient (Wildman–Crippen LogP) is 4.01. The van der Waals surface area contributed by atoms with E-state index >= 15 is 0 Å². The normalized spacial score (nSPS) is 22.1. The van der Waals surface area contributed by atoms with Crippen LogP contribution in [0.25, 0.3) is 0 Å². The smallest absolute Gasteiger partial charge is 0.309 e. The molecule has 0 aromatic heterocycles. The Kier molecular flexibility index (Phi) is 4.28. The van der Waals surface area contributed by atoms with E-state index in [1.165, 1.54) is 5.56 Å². The van der Waals surface area contributed by atoms with Crippen LogP contribution in [0.4, 0.5) is 0 Å². The van der Waals surface area contributed by atoms with Gasteiger partial charge in [0, 0.05) is 0 Å². The lowest BCUT2D eigenvalue weighted by molar-refractivity contribution is -0.155. The molecule has 2 atom stereocenters. The fraction of sp³-hybridized carbons (Fsp3) is 0.588. The van der Waals surface area contributed by atoms with E-state index in [4.69, 9.17) is 4.74 Å². The van der Waals surface area contributed by atoms with Gasteiger partial charge in [0.15, 0.2) is 0 Å². The lowest BCUT2D eigenvalue weighted by Crippen LogP contribution is -2.29. The maximum atomic E-state index is 12.2. The Morgan fingerprint density at radius 1 is 1.11 bits per heavy atom. The van der Waals surface area contributed by atoms with E-state index in [1.54, 1.807) is 0 Å². The van der Waals surface area contributed by atoms with Gasteiger partial charge in [0.05, 0.1) is 5.92 Å².